The molecule has 36 heavy (non-hydrogen) atoms. The minimum Gasteiger partial charge on any atom is -0.407 e. The Morgan fingerprint density at radius 3 is 2.25 bits per heavy atom. The molecule has 4 rings (SSSR count). The first-order chi connectivity index (χ1) is 16.9. The second-order valence-electron chi connectivity index (χ2n) is 8.45. The van der Waals surface area contributed by atoms with Crippen molar-refractivity contribution in [3.63, 3.8) is 0 Å². The lowest BCUT2D eigenvalue weighted by atomic mass is 10.0. The van der Waals surface area contributed by atoms with Gasteiger partial charge in [0.05, 0.1) is 23.7 Å². The lowest BCUT2D eigenvalue weighted by Gasteiger charge is -2.40. The Morgan fingerprint density at radius 1 is 0.972 bits per heavy atom. The molecule has 0 fully saturated rings. The van der Waals surface area contributed by atoms with Gasteiger partial charge in [0.1, 0.15) is 5.82 Å². The predicted octanol–water partition coefficient (Wildman–Crippen LogP) is 4.76. The molecule has 1 atom stereocenters. The molecule has 0 unspecified atom stereocenters. The van der Waals surface area contributed by atoms with Gasteiger partial charge in [0.15, 0.2) is 11.6 Å². The maximum absolute atomic E-state index is 14.1. The molecule has 0 radical (unpaired) electrons. The highest BCUT2D eigenvalue weighted by atomic mass is 32.2. The number of anilines is 3. The van der Waals surface area contributed by atoms with Crippen LogP contribution in [0.25, 0.3) is 11.1 Å². The molecule has 1 heterocycles. The quantitative estimate of drug-likeness (QED) is 0.540. The number of fused-ring (bicyclic) bond motifs is 1. The van der Waals surface area contributed by atoms with Crippen molar-refractivity contribution >= 4 is 39.1 Å². The maximum atomic E-state index is 14.1. The third-order valence-corrected chi connectivity index (χ3v) is 6.19. The van der Waals surface area contributed by atoms with Crippen molar-refractivity contribution in [3.05, 3.63) is 72.3 Å². The fraction of sp³-hybridized carbons (Fsp3) is 0.200. The molecule has 11 heteroatoms. The fourth-order valence-electron chi connectivity index (χ4n) is 4.11. The average Bonchev–Trinajstić information content (AvgIpc) is 2.79. The number of ether oxygens (including phenoxy) is 1. The number of carbonyl (C=O) groups is 2. The number of nitrogens with one attached hydrogen (secondary N) is 1. The minimum absolute atomic E-state index is 0.0783. The van der Waals surface area contributed by atoms with Crippen LogP contribution in [0.3, 0.4) is 0 Å². The Hall–Kier alpha value is -3.99. The van der Waals surface area contributed by atoms with Crippen LogP contribution >= 0.6 is 0 Å². The molecular weight excluding hydrogens is 492 g/mol. The summed E-state index contributed by atoms with van der Waals surface area (Å²) >= 11 is 0. The van der Waals surface area contributed by atoms with Gasteiger partial charge in [-0.2, -0.15) is 0 Å². The van der Waals surface area contributed by atoms with Gasteiger partial charge in [-0.25, -0.2) is 22.0 Å². The highest BCUT2D eigenvalue weighted by Crippen LogP contribution is 2.39. The van der Waals surface area contributed by atoms with Crippen LogP contribution in [0, 0.1) is 11.6 Å². The van der Waals surface area contributed by atoms with E-state index in [0.717, 1.165) is 24.0 Å². The summed E-state index contributed by atoms with van der Waals surface area (Å²) in [6, 6.07) is 14.0. The zero-order valence-corrected chi connectivity index (χ0v) is 20.5. The predicted molar refractivity (Wildman–Crippen MR) is 133 cm³/mol. The molecule has 0 saturated heterocycles. The fourth-order valence-corrected chi connectivity index (χ4v) is 4.67. The molecule has 8 nitrogen and oxygen atoms in total. The number of rotatable bonds is 4. The van der Waals surface area contributed by atoms with E-state index in [9.17, 15) is 26.8 Å². The standard InChI is InChI=1S/C25H23F2N3O5S/c1-15-14-29(25(32)35-24-11-7-19(26)13-21(24)27)23-12-18(6-10-22(23)30(15)16(2)31)17-4-8-20(9-5-17)28-36(3,33)34/h4-13,15,28H,14H2,1-3H3/t15-/m0/s1. The molecule has 0 saturated carbocycles. The molecule has 0 spiro atoms. The van der Waals surface area contributed by atoms with E-state index in [1.165, 1.54) is 11.8 Å². The van der Waals surface area contributed by atoms with Crippen molar-refractivity contribution in [2.45, 2.75) is 19.9 Å². The van der Waals surface area contributed by atoms with E-state index in [1.807, 2.05) is 0 Å². The van der Waals surface area contributed by atoms with Crippen molar-refractivity contribution in [1.82, 2.24) is 0 Å². The SMILES string of the molecule is CC(=O)N1c2ccc(-c3ccc(NS(C)(=O)=O)cc3)cc2N(C(=O)Oc2ccc(F)cc2F)C[C@@H]1C. The topological polar surface area (TPSA) is 96.0 Å². The molecule has 3 aromatic carbocycles. The Balaban J connectivity index is 1.72. The van der Waals surface area contributed by atoms with Crippen LogP contribution in [0.5, 0.6) is 5.75 Å². The number of hydrogen-bond donors (Lipinski definition) is 1. The Kier molecular flexibility index (Phi) is 6.68. The molecule has 1 aliphatic heterocycles. The number of carbonyl (C=O) groups excluding carboxylic acids is 2. The van der Waals surface area contributed by atoms with E-state index in [-0.39, 0.29) is 12.5 Å². The smallest absolute Gasteiger partial charge is 0.407 e. The Labute approximate surface area is 207 Å². The van der Waals surface area contributed by atoms with Crippen LogP contribution in [0.2, 0.25) is 0 Å². The molecule has 0 aromatic heterocycles. The highest BCUT2D eigenvalue weighted by Gasteiger charge is 2.35. The number of halogens is 2. The molecular formula is C25H23F2N3O5S. The minimum atomic E-state index is -3.43. The van der Waals surface area contributed by atoms with Gasteiger partial charge < -0.3 is 9.64 Å². The van der Waals surface area contributed by atoms with E-state index >= 15 is 0 Å². The summed E-state index contributed by atoms with van der Waals surface area (Å²) in [5.41, 5.74) is 2.64. The number of hydrogen-bond acceptors (Lipinski definition) is 5. The number of sulfonamides is 1. The van der Waals surface area contributed by atoms with Gasteiger partial charge in [0.2, 0.25) is 15.9 Å². The molecule has 0 bridgehead atoms. The van der Waals surface area contributed by atoms with Gasteiger partial charge in [-0.1, -0.05) is 18.2 Å². The molecule has 1 N–H and O–H groups in total. The van der Waals surface area contributed by atoms with Crippen LogP contribution in [-0.4, -0.2) is 39.3 Å². The van der Waals surface area contributed by atoms with Crippen molar-refractivity contribution in [1.29, 1.82) is 0 Å². The summed E-state index contributed by atoms with van der Waals surface area (Å²) in [7, 11) is -3.43. The third kappa shape index (κ3) is 5.30. The lowest BCUT2D eigenvalue weighted by molar-refractivity contribution is -0.117. The molecule has 0 aliphatic carbocycles. The van der Waals surface area contributed by atoms with Crippen molar-refractivity contribution < 1.29 is 31.5 Å². The van der Waals surface area contributed by atoms with Crippen molar-refractivity contribution in [2.24, 2.45) is 0 Å². The van der Waals surface area contributed by atoms with Crippen LogP contribution in [0.1, 0.15) is 13.8 Å². The summed E-state index contributed by atoms with van der Waals surface area (Å²) in [5, 5.41) is 0. The highest BCUT2D eigenvalue weighted by molar-refractivity contribution is 7.92. The first-order valence-corrected chi connectivity index (χ1v) is 12.8. The van der Waals surface area contributed by atoms with Crippen LogP contribution in [0.15, 0.2) is 60.7 Å². The summed E-state index contributed by atoms with van der Waals surface area (Å²) in [6.45, 7) is 3.27. The molecule has 2 amide bonds. The Bertz CT molecular complexity index is 1440. The largest absolute Gasteiger partial charge is 0.419 e. The molecule has 188 valence electrons. The van der Waals surface area contributed by atoms with Gasteiger partial charge in [-0.15, -0.1) is 0 Å². The zero-order chi connectivity index (χ0) is 26.2. The van der Waals surface area contributed by atoms with E-state index in [2.05, 4.69) is 4.72 Å². The number of nitrogens with zero attached hydrogens (tertiary/aromatic N) is 2. The molecule has 1 aliphatic rings. The second kappa shape index (κ2) is 9.57. The lowest BCUT2D eigenvalue weighted by Crippen LogP contribution is -2.52. The monoisotopic (exact) mass is 515 g/mol. The van der Waals surface area contributed by atoms with Crippen LogP contribution in [-0.2, 0) is 14.8 Å². The maximum Gasteiger partial charge on any atom is 0.419 e. The van der Waals surface area contributed by atoms with E-state index < -0.39 is 39.5 Å². The first kappa shape index (κ1) is 25.1. The van der Waals surface area contributed by atoms with Crippen molar-refractivity contribution in [2.75, 3.05) is 27.3 Å². The van der Waals surface area contributed by atoms with Gasteiger partial charge in [-0.05, 0) is 54.4 Å². The number of benzene rings is 3. The third-order valence-electron chi connectivity index (χ3n) is 5.59. The van der Waals surface area contributed by atoms with E-state index in [4.69, 9.17) is 4.74 Å². The summed E-state index contributed by atoms with van der Waals surface area (Å²) < 4.78 is 57.9. The normalized spacial score (nSPS) is 15.3. The van der Waals surface area contributed by atoms with Gasteiger partial charge >= 0.3 is 6.09 Å². The summed E-state index contributed by atoms with van der Waals surface area (Å²) in [4.78, 5) is 28.3. The van der Waals surface area contributed by atoms with Crippen LogP contribution < -0.4 is 19.3 Å². The van der Waals surface area contributed by atoms with Crippen molar-refractivity contribution in [3.8, 4) is 16.9 Å². The second-order valence-corrected chi connectivity index (χ2v) is 10.2. The van der Waals surface area contributed by atoms with Crippen LogP contribution in [0.4, 0.5) is 30.6 Å². The van der Waals surface area contributed by atoms with Gasteiger partial charge in [0, 0.05) is 25.2 Å². The summed E-state index contributed by atoms with van der Waals surface area (Å²) in [6.07, 6.45) is 0.166. The van der Waals surface area contributed by atoms with E-state index in [1.54, 1.807) is 54.3 Å². The van der Waals surface area contributed by atoms with Gasteiger partial charge in [0.25, 0.3) is 0 Å². The van der Waals surface area contributed by atoms with Gasteiger partial charge in [-0.3, -0.25) is 14.4 Å². The summed E-state index contributed by atoms with van der Waals surface area (Å²) in [5.74, 6) is -2.46. The Morgan fingerprint density at radius 2 is 1.64 bits per heavy atom. The average molecular weight is 516 g/mol. The number of amides is 2. The first-order valence-electron chi connectivity index (χ1n) is 10.9. The molecule has 3 aromatic rings. The van der Waals surface area contributed by atoms with E-state index in [0.29, 0.717) is 28.7 Å². The zero-order valence-electron chi connectivity index (χ0n) is 19.7.